The first kappa shape index (κ1) is 22.4. The topological polar surface area (TPSA) is 50.1 Å². The fourth-order valence-corrected chi connectivity index (χ4v) is 4.41. The van der Waals surface area contributed by atoms with Gasteiger partial charge in [-0.2, -0.15) is 5.26 Å². The molecule has 1 atom stereocenters. The summed E-state index contributed by atoms with van der Waals surface area (Å²) in [7, 11) is 0. The molecular formula is C29H18F3NO2. The molecule has 0 amide bonds. The number of nitriles is 1. The highest BCUT2D eigenvalue weighted by atomic mass is 19.4. The molecule has 0 fully saturated rings. The van der Waals surface area contributed by atoms with E-state index < -0.39 is 6.36 Å². The van der Waals surface area contributed by atoms with Crippen LogP contribution >= 0.6 is 0 Å². The molecule has 0 bridgehead atoms. The predicted octanol–water partition coefficient (Wildman–Crippen LogP) is 7.35. The Morgan fingerprint density at radius 3 is 2.37 bits per heavy atom. The molecule has 1 unspecified atom stereocenters. The van der Waals surface area contributed by atoms with Gasteiger partial charge in [-0.1, -0.05) is 54.6 Å². The van der Waals surface area contributed by atoms with Crippen LogP contribution in [0.3, 0.4) is 0 Å². The molecule has 1 aliphatic carbocycles. The van der Waals surface area contributed by atoms with Gasteiger partial charge in [-0.05, 0) is 75.8 Å². The van der Waals surface area contributed by atoms with Gasteiger partial charge in [0.15, 0.2) is 5.78 Å². The standard InChI is InChI=1S/C29H18F3NO2/c30-29(31,32)35-26-11-9-18(10-12-26)20-5-6-21-13-22-7-8-23(28(34)27(22)16-25(21)15-20)14-19-3-1-2-4-24(19)17-33/h1-13,15-16,23H,14H2. The number of allylic oxidation sites excluding steroid dienone is 1. The zero-order valence-electron chi connectivity index (χ0n) is 18.3. The maximum absolute atomic E-state index is 13.3. The van der Waals surface area contributed by atoms with Gasteiger partial charge in [0.2, 0.25) is 0 Å². The number of hydrogen-bond acceptors (Lipinski definition) is 3. The Morgan fingerprint density at radius 2 is 1.63 bits per heavy atom. The number of carbonyl (C=O) groups is 1. The summed E-state index contributed by atoms with van der Waals surface area (Å²) < 4.78 is 41.2. The van der Waals surface area contributed by atoms with Gasteiger partial charge in [-0.3, -0.25) is 4.79 Å². The molecule has 0 saturated carbocycles. The van der Waals surface area contributed by atoms with Crippen molar-refractivity contribution in [2.75, 3.05) is 0 Å². The van der Waals surface area contributed by atoms with Gasteiger partial charge in [0.05, 0.1) is 11.6 Å². The van der Waals surface area contributed by atoms with Crippen LogP contribution in [0.2, 0.25) is 0 Å². The van der Waals surface area contributed by atoms with Crippen LogP contribution in [-0.2, 0) is 6.42 Å². The van der Waals surface area contributed by atoms with Crippen LogP contribution in [-0.4, -0.2) is 12.1 Å². The van der Waals surface area contributed by atoms with Crippen LogP contribution < -0.4 is 4.74 Å². The van der Waals surface area contributed by atoms with E-state index >= 15 is 0 Å². The zero-order valence-corrected chi connectivity index (χ0v) is 18.3. The van der Waals surface area contributed by atoms with Crippen molar-refractivity contribution in [1.29, 1.82) is 5.26 Å². The van der Waals surface area contributed by atoms with E-state index in [9.17, 15) is 23.2 Å². The summed E-state index contributed by atoms with van der Waals surface area (Å²) in [5.74, 6) is -0.646. The van der Waals surface area contributed by atoms with E-state index in [2.05, 4.69) is 10.8 Å². The first-order valence-electron chi connectivity index (χ1n) is 11.0. The number of alkyl halides is 3. The molecule has 5 rings (SSSR count). The maximum atomic E-state index is 13.3. The van der Waals surface area contributed by atoms with Crippen LogP contribution in [0.25, 0.3) is 28.0 Å². The first-order valence-corrected chi connectivity index (χ1v) is 11.0. The Kier molecular flexibility index (Phi) is 5.62. The van der Waals surface area contributed by atoms with Crippen molar-refractivity contribution in [3.8, 4) is 22.9 Å². The fourth-order valence-electron chi connectivity index (χ4n) is 4.41. The summed E-state index contributed by atoms with van der Waals surface area (Å²) in [6.45, 7) is 0. The van der Waals surface area contributed by atoms with Crippen molar-refractivity contribution in [2.24, 2.45) is 5.92 Å². The molecular weight excluding hydrogens is 451 g/mol. The summed E-state index contributed by atoms with van der Waals surface area (Å²) in [5.41, 5.74) is 4.40. The maximum Gasteiger partial charge on any atom is 0.573 e. The number of carbonyl (C=O) groups excluding carboxylic acids is 1. The van der Waals surface area contributed by atoms with Crippen molar-refractivity contribution in [3.63, 3.8) is 0 Å². The van der Waals surface area contributed by atoms with Gasteiger partial charge >= 0.3 is 6.36 Å². The normalized spacial score (nSPS) is 15.0. The third kappa shape index (κ3) is 4.67. The Bertz CT molecular complexity index is 1510. The third-order valence-electron chi connectivity index (χ3n) is 6.12. The van der Waals surface area contributed by atoms with Gasteiger partial charge in [-0.25, -0.2) is 0 Å². The molecule has 0 N–H and O–H groups in total. The van der Waals surface area contributed by atoms with Crippen molar-refractivity contribution < 1.29 is 22.7 Å². The lowest BCUT2D eigenvalue weighted by Gasteiger charge is -2.20. The van der Waals surface area contributed by atoms with Crippen LogP contribution in [0.4, 0.5) is 13.2 Å². The second-order valence-corrected chi connectivity index (χ2v) is 8.38. The Balaban J connectivity index is 1.44. The molecule has 1 aliphatic rings. The minimum Gasteiger partial charge on any atom is -0.406 e. The zero-order chi connectivity index (χ0) is 24.6. The molecule has 0 radical (unpaired) electrons. The number of rotatable bonds is 4. The molecule has 172 valence electrons. The summed E-state index contributed by atoms with van der Waals surface area (Å²) in [6.07, 6.45) is -0.450. The van der Waals surface area contributed by atoms with Gasteiger partial charge < -0.3 is 4.74 Å². The predicted molar refractivity (Wildman–Crippen MR) is 128 cm³/mol. The molecule has 0 aromatic heterocycles. The third-order valence-corrected chi connectivity index (χ3v) is 6.12. The second kappa shape index (κ2) is 8.77. The van der Waals surface area contributed by atoms with E-state index in [1.807, 2.05) is 54.6 Å². The molecule has 0 spiro atoms. The fraction of sp³-hybridized carbons (Fsp3) is 0.103. The summed E-state index contributed by atoms with van der Waals surface area (Å²) in [4.78, 5) is 13.3. The Labute approximate surface area is 199 Å². The van der Waals surface area contributed by atoms with Gasteiger partial charge in [-0.15, -0.1) is 13.2 Å². The van der Waals surface area contributed by atoms with E-state index in [0.717, 1.165) is 33.0 Å². The number of Topliss-reactive ketones (excluding diaryl/α,β-unsaturated/α-hetero) is 1. The van der Waals surface area contributed by atoms with Crippen LogP contribution in [0, 0.1) is 17.2 Å². The molecule has 6 heteroatoms. The molecule has 0 heterocycles. The lowest BCUT2D eigenvalue weighted by molar-refractivity contribution is -0.274. The Morgan fingerprint density at radius 1 is 0.886 bits per heavy atom. The molecule has 0 aliphatic heterocycles. The number of ketones is 1. The van der Waals surface area contributed by atoms with Crippen molar-refractivity contribution >= 4 is 22.6 Å². The van der Waals surface area contributed by atoms with Crippen LogP contribution in [0.1, 0.15) is 27.0 Å². The minimum absolute atomic E-state index is 0.00352. The SMILES string of the molecule is N#Cc1ccccc1CC1C=Cc2cc3ccc(-c4ccc(OC(F)(F)F)cc4)cc3cc2C1=O. The van der Waals surface area contributed by atoms with Crippen molar-refractivity contribution in [2.45, 2.75) is 12.8 Å². The van der Waals surface area contributed by atoms with Crippen molar-refractivity contribution in [1.82, 2.24) is 0 Å². The highest BCUT2D eigenvalue weighted by Gasteiger charge is 2.31. The number of ether oxygens (including phenoxy) is 1. The Hall–Kier alpha value is -4.37. The highest BCUT2D eigenvalue weighted by Crippen LogP contribution is 2.33. The van der Waals surface area contributed by atoms with E-state index in [4.69, 9.17) is 0 Å². The largest absolute Gasteiger partial charge is 0.573 e. The van der Waals surface area contributed by atoms with Crippen LogP contribution in [0.5, 0.6) is 5.75 Å². The monoisotopic (exact) mass is 469 g/mol. The van der Waals surface area contributed by atoms with Crippen LogP contribution in [0.15, 0.2) is 84.9 Å². The minimum atomic E-state index is -4.74. The second-order valence-electron chi connectivity index (χ2n) is 8.38. The molecule has 3 nitrogen and oxygen atoms in total. The number of hydrogen-bond donors (Lipinski definition) is 0. The average molecular weight is 469 g/mol. The molecule has 35 heavy (non-hydrogen) atoms. The summed E-state index contributed by atoms with van der Waals surface area (Å²) in [5, 5.41) is 11.2. The number of nitrogens with zero attached hydrogens (tertiary/aromatic N) is 1. The van der Waals surface area contributed by atoms with E-state index in [1.165, 1.54) is 12.1 Å². The van der Waals surface area contributed by atoms with Crippen molar-refractivity contribution in [3.05, 3.63) is 107 Å². The van der Waals surface area contributed by atoms with Gasteiger partial charge in [0.25, 0.3) is 0 Å². The first-order chi connectivity index (χ1) is 16.8. The highest BCUT2D eigenvalue weighted by molar-refractivity contribution is 6.08. The number of benzene rings is 4. The molecule has 0 saturated heterocycles. The van der Waals surface area contributed by atoms with E-state index in [0.29, 0.717) is 17.5 Å². The lowest BCUT2D eigenvalue weighted by atomic mass is 9.82. The van der Waals surface area contributed by atoms with E-state index in [-0.39, 0.29) is 17.5 Å². The summed E-state index contributed by atoms with van der Waals surface area (Å²) >= 11 is 0. The number of fused-ring (bicyclic) bond motifs is 2. The van der Waals surface area contributed by atoms with Gasteiger partial charge in [0, 0.05) is 11.5 Å². The molecule has 4 aromatic rings. The molecule has 4 aromatic carbocycles. The average Bonchev–Trinajstić information content (AvgIpc) is 2.84. The smallest absolute Gasteiger partial charge is 0.406 e. The quantitative estimate of drug-likeness (QED) is 0.314. The lowest BCUT2D eigenvalue weighted by Crippen LogP contribution is -2.19. The van der Waals surface area contributed by atoms with E-state index in [1.54, 1.807) is 24.3 Å². The van der Waals surface area contributed by atoms with Gasteiger partial charge in [0.1, 0.15) is 5.75 Å². The number of halogens is 3. The summed E-state index contributed by atoms with van der Waals surface area (Å²) in [6, 6.07) is 24.7.